The molecular weight excluding hydrogens is 294 g/mol. The summed E-state index contributed by atoms with van der Waals surface area (Å²) in [7, 11) is 0. The summed E-state index contributed by atoms with van der Waals surface area (Å²) in [5.41, 5.74) is 0.957. The summed E-state index contributed by atoms with van der Waals surface area (Å²) in [6, 6.07) is 1.80. The smallest absolute Gasteiger partial charge is 0.267 e. The third-order valence-corrected chi connectivity index (χ3v) is 4.20. The summed E-state index contributed by atoms with van der Waals surface area (Å²) in [4.78, 5) is 17.6. The molecule has 0 aromatic carbocycles. The van der Waals surface area contributed by atoms with E-state index in [4.69, 9.17) is 5.11 Å². The number of aliphatic hydroxyl groups is 1. The molecule has 0 atom stereocenters. The first-order chi connectivity index (χ1) is 9.60. The Bertz CT molecular complexity index is 679. The van der Waals surface area contributed by atoms with Crippen molar-refractivity contribution >= 4 is 33.9 Å². The van der Waals surface area contributed by atoms with Gasteiger partial charge in [0.25, 0.3) is 5.91 Å². The number of anilines is 1. The Balaban J connectivity index is 2.11. The molecule has 2 heterocycles. The van der Waals surface area contributed by atoms with E-state index in [0.717, 1.165) is 22.0 Å². The molecule has 7 heteroatoms. The number of nitrogens with zero attached hydrogens (tertiary/aromatic N) is 2. The van der Waals surface area contributed by atoms with Gasteiger partial charge in [-0.15, -0.1) is 11.3 Å². The molecule has 0 radical (unpaired) electrons. The van der Waals surface area contributed by atoms with Gasteiger partial charge in [-0.05, 0) is 25.5 Å². The second kappa shape index (κ2) is 6.61. The molecule has 104 valence electrons. The first-order valence-electron chi connectivity index (χ1n) is 5.92. The van der Waals surface area contributed by atoms with Gasteiger partial charge in [-0.1, -0.05) is 11.8 Å². The Kier molecular flexibility index (Phi) is 4.84. The van der Waals surface area contributed by atoms with Crippen molar-refractivity contribution in [3.8, 4) is 11.8 Å². The third kappa shape index (κ3) is 3.63. The summed E-state index contributed by atoms with van der Waals surface area (Å²) in [6.45, 7) is 3.72. The second-order valence-electron chi connectivity index (χ2n) is 4.00. The largest absolute Gasteiger partial charge is 0.395 e. The van der Waals surface area contributed by atoms with Gasteiger partial charge in [0.15, 0.2) is 0 Å². The maximum absolute atomic E-state index is 12.1. The van der Waals surface area contributed by atoms with Crippen LogP contribution in [0.5, 0.6) is 0 Å². The zero-order valence-electron chi connectivity index (χ0n) is 11.1. The van der Waals surface area contributed by atoms with Crippen molar-refractivity contribution in [2.45, 2.75) is 20.3 Å². The molecular formula is C13H13N3O2S2. The summed E-state index contributed by atoms with van der Waals surface area (Å²) >= 11 is 2.49. The minimum atomic E-state index is -0.204. The number of aryl methyl sites for hydroxylation is 2. The lowest BCUT2D eigenvalue weighted by Gasteiger charge is -1.96. The fourth-order valence-electron chi connectivity index (χ4n) is 1.42. The summed E-state index contributed by atoms with van der Waals surface area (Å²) in [5, 5.41) is 11.9. The number of hydrogen-bond acceptors (Lipinski definition) is 6. The Morgan fingerprint density at radius 1 is 1.50 bits per heavy atom. The van der Waals surface area contributed by atoms with Crippen LogP contribution < -0.4 is 5.32 Å². The van der Waals surface area contributed by atoms with Crippen LogP contribution in [0.1, 0.15) is 32.4 Å². The molecule has 0 unspecified atom stereocenters. The molecule has 1 amide bonds. The lowest BCUT2D eigenvalue weighted by Crippen LogP contribution is -2.09. The van der Waals surface area contributed by atoms with Gasteiger partial charge in [0.05, 0.1) is 16.4 Å². The number of thiophene rings is 1. The van der Waals surface area contributed by atoms with Crippen molar-refractivity contribution in [2.24, 2.45) is 0 Å². The molecule has 0 saturated carbocycles. The number of amides is 1. The molecule has 20 heavy (non-hydrogen) atoms. The third-order valence-electron chi connectivity index (χ3n) is 2.33. The monoisotopic (exact) mass is 307 g/mol. The predicted octanol–water partition coefficient (Wildman–Crippen LogP) is 2.20. The molecule has 0 aliphatic carbocycles. The van der Waals surface area contributed by atoms with Crippen molar-refractivity contribution in [3.05, 3.63) is 27.2 Å². The average molecular weight is 307 g/mol. The van der Waals surface area contributed by atoms with E-state index in [0.29, 0.717) is 22.3 Å². The maximum Gasteiger partial charge on any atom is 0.267 e. The van der Waals surface area contributed by atoms with Crippen LogP contribution in [-0.2, 0) is 0 Å². The number of hydrogen-bond donors (Lipinski definition) is 2. The number of nitrogens with one attached hydrogen (secondary N) is 1. The van der Waals surface area contributed by atoms with E-state index >= 15 is 0 Å². The number of rotatable bonds is 3. The second-order valence-corrected chi connectivity index (χ2v) is 5.80. The molecule has 2 aromatic heterocycles. The highest BCUT2D eigenvalue weighted by Crippen LogP contribution is 2.22. The zero-order valence-corrected chi connectivity index (χ0v) is 12.7. The Hall–Kier alpha value is -1.75. The van der Waals surface area contributed by atoms with Gasteiger partial charge in [-0.3, -0.25) is 10.1 Å². The van der Waals surface area contributed by atoms with Crippen LogP contribution in [0.4, 0.5) is 5.13 Å². The SMILES string of the molecule is Cc1nsc(NC(=O)c2cc(C)c(C#CCCO)s2)n1. The van der Waals surface area contributed by atoms with E-state index in [9.17, 15) is 4.79 Å². The Morgan fingerprint density at radius 2 is 2.30 bits per heavy atom. The molecule has 0 fully saturated rings. The molecule has 0 spiro atoms. The average Bonchev–Trinajstić information content (AvgIpc) is 2.97. The molecule has 5 nitrogen and oxygen atoms in total. The Morgan fingerprint density at radius 3 is 2.95 bits per heavy atom. The normalized spacial score (nSPS) is 9.95. The van der Waals surface area contributed by atoms with E-state index < -0.39 is 0 Å². The molecule has 2 N–H and O–H groups in total. The summed E-state index contributed by atoms with van der Waals surface area (Å²) in [5.74, 6) is 6.25. The molecule has 2 aromatic rings. The maximum atomic E-state index is 12.1. The quantitative estimate of drug-likeness (QED) is 0.853. The van der Waals surface area contributed by atoms with Gasteiger partial charge in [0.1, 0.15) is 5.82 Å². The van der Waals surface area contributed by atoms with Gasteiger partial charge < -0.3 is 5.11 Å². The standard InChI is InChI=1S/C13H13N3O2S2/c1-8-7-11(19-10(8)5-3-4-6-17)12(18)15-13-14-9(2)16-20-13/h7,17H,4,6H2,1-2H3,(H,14,15,16,18). The van der Waals surface area contributed by atoms with Crippen LogP contribution >= 0.6 is 22.9 Å². The molecule has 0 aliphatic rings. The zero-order chi connectivity index (χ0) is 14.5. The highest BCUT2D eigenvalue weighted by Gasteiger charge is 2.13. The van der Waals surface area contributed by atoms with Crippen LogP contribution in [0.3, 0.4) is 0 Å². The molecule has 0 saturated heterocycles. The van der Waals surface area contributed by atoms with Gasteiger partial charge >= 0.3 is 0 Å². The highest BCUT2D eigenvalue weighted by molar-refractivity contribution is 7.15. The van der Waals surface area contributed by atoms with Gasteiger partial charge in [-0.2, -0.15) is 4.37 Å². The topological polar surface area (TPSA) is 75.1 Å². The van der Waals surface area contributed by atoms with Crippen molar-refractivity contribution in [1.82, 2.24) is 9.36 Å². The number of aromatic nitrogens is 2. The van der Waals surface area contributed by atoms with E-state index in [1.54, 1.807) is 13.0 Å². The van der Waals surface area contributed by atoms with Crippen LogP contribution in [0.25, 0.3) is 0 Å². The van der Waals surface area contributed by atoms with Crippen LogP contribution in [0.15, 0.2) is 6.07 Å². The number of carbonyl (C=O) groups excluding carboxylic acids is 1. The lowest BCUT2D eigenvalue weighted by atomic mass is 10.2. The van der Waals surface area contributed by atoms with Crippen molar-refractivity contribution in [1.29, 1.82) is 0 Å². The fourth-order valence-corrected chi connectivity index (χ4v) is 2.94. The minimum absolute atomic E-state index is 0.0428. The molecule has 0 aliphatic heterocycles. The Labute approximate surface area is 124 Å². The van der Waals surface area contributed by atoms with Crippen molar-refractivity contribution in [2.75, 3.05) is 11.9 Å². The van der Waals surface area contributed by atoms with Gasteiger partial charge in [-0.25, -0.2) is 4.98 Å². The van der Waals surface area contributed by atoms with Gasteiger partial charge in [0, 0.05) is 18.0 Å². The van der Waals surface area contributed by atoms with Crippen molar-refractivity contribution in [3.63, 3.8) is 0 Å². The van der Waals surface area contributed by atoms with E-state index in [2.05, 4.69) is 26.5 Å². The highest BCUT2D eigenvalue weighted by atomic mass is 32.1. The van der Waals surface area contributed by atoms with E-state index in [-0.39, 0.29) is 12.5 Å². The minimum Gasteiger partial charge on any atom is -0.395 e. The van der Waals surface area contributed by atoms with E-state index in [1.165, 1.54) is 11.3 Å². The van der Waals surface area contributed by atoms with Crippen LogP contribution in [-0.4, -0.2) is 27.0 Å². The first-order valence-corrected chi connectivity index (χ1v) is 7.51. The first kappa shape index (κ1) is 14.7. The summed E-state index contributed by atoms with van der Waals surface area (Å²) < 4.78 is 4.01. The number of carbonyl (C=O) groups is 1. The summed E-state index contributed by atoms with van der Waals surface area (Å²) in [6.07, 6.45) is 0.433. The van der Waals surface area contributed by atoms with Crippen molar-refractivity contribution < 1.29 is 9.90 Å². The van der Waals surface area contributed by atoms with Crippen LogP contribution in [0.2, 0.25) is 0 Å². The lowest BCUT2D eigenvalue weighted by molar-refractivity contribution is 0.103. The fraction of sp³-hybridized carbons (Fsp3) is 0.308. The number of aliphatic hydroxyl groups excluding tert-OH is 1. The van der Waals surface area contributed by atoms with Gasteiger partial charge in [0.2, 0.25) is 5.13 Å². The molecule has 2 rings (SSSR count). The molecule has 0 bridgehead atoms. The predicted molar refractivity (Wildman–Crippen MR) is 80.2 cm³/mol. The van der Waals surface area contributed by atoms with E-state index in [1.807, 2.05) is 6.92 Å². The van der Waals surface area contributed by atoms with Crippen LogP contribution in [0, 0.1) is 25.7 Å².